The Morgan fingerprint density at radius 3 is 2.48 bits per heavy atom. The fourth-order valence-corrected chi connectivity index (χ4v) is 4.03. The third-order valence-electron chi connectivity index (χ3n) is 4.23. The molecule has 1 fully saturated rings. The average molecular weight is 382 g/mol. The lowest BCUT2D eigenvalue weighted by molar-refractivity contribution is -0.129. The number of hydrogen-bond donors (Lipinski definition) is 1. The Morgan fingerprint density at radius 2 is 1.81 bits per heavy atom. The maximum atomic E-state index is 12.7. The number of carbonyl (C=O) groups excluding carboxylic acids is 2. The number of amidine groups is 1. The first-order chi connectivity index (χ1) is 13.2. The van der Waals surface area contributed by atoms with Gasteiger partial charge in [0.1, 0.15) is 5.25 Å². The Bertz CT molecular complexity index is 809. The van der Waals surface area contributed by atoms with Crippen molar-refractivity contribution in [3.05, 3.63) is 66.2 Å². The summed E-state index contributed by atoms with van der Waals surface area (Å²) in [6, 6.07) is 19.4. The molecule has 0 unspecified atom stereocenters. The zero-order chi connectivity index (χ0) is 19.1. The number of rotatable bonds is 6. The Kier molecular flexibility index (Phi) is 6.65. The molecule has 2 aromatic rings. The van der Waals surface area contributed by atoms with Gasteiger partial charge >= 0.3 is 0 Å². The minimum Gasteiger partial charge on any atom is -0.325 e. The fraction of sp³-hybridized carbons (Fsp3) is 0.286. The maximum absolute atomic E-state index is 12.7. The van der Waals surface area contributed by atoms with Gasteiger partial charge in [0.15, 0.2) is 5.17 Å². The molecule has 1 heterocycles. The van der Waals surface area contributed by atoms with E-state index in [-0.39, 0.29) is 18.2 Å². The molecule has 0 spiro atoms. The molecule has 1 aliphatic heterocycles. The molecule has 27 heavy (non-hydrogen) atoms. The Balaban J connectivity index is 1.66. The lowest BCUT2D eigenvalue weighted by Gasteiger charge is -2.31. The van der Waals surface area contributed by atoms with Crippen LogP contribution in [-0.2, 0) is 16.0 Å². The zero-order valence-corrected chi connectivity index (χ0v) is 16.1. The van der Waals surface area contributed by atoms with Crippen LogP contribution in [0.4, 0.5) is 5.69 Å². The minimum absolute atomic E-state index is 0.0508. The zero-order valence-electron chi connectivity index (χ0n) is 15.3. The summed E-state index contributed by atoms with van der Waals surface area (Å²) in [5.74, 6) is -0.212. The van der Waals surface area contributed by atoms with Crippen molar-refractivity contribution >= 4 is 34.4 Å². The number of amides is 2. The van der Waals surface area contributed by atoms with E-state index in [4.69, 9.17) is 0 Å². The number of nitrogens with zero attached hydrogens (tertiary/aromatic N) is 2. The van der Waals surface area contributed by atoms with Crippen molar-refractivity contribution in [3.8, 4) is 0 Å². The van der Waals surface area contributed by atoms with E-state index in [0.717, 1.165) is 12.1 Å². The van der Waals surface area contributed by atoms with Gasteiger partial charge in [-0.3, -0.25) is 19.5 Å². The third kappa shape index (κ3) is 5.20. The predicted molar refractivity (Wildman–Crippen MR) is 111 cm³/mol. The monoisotopic (exact) mass is 381 g/mol. The normalized spacial score (nSPS) is 18.6. The van der Waals surface area contributed by atoms with Gasteiger partial charge in [-0.1, -0.05) is 60.3 Å². The number of nitrogens with one attached hydrogen (secondary N) is 1. The molecule has 0 aliphatic carbocycles. The van der Waals surface area contributed by atoms with E-state index in [9.17, 15) is 9.59 Å². The van der Waals surface area contributed by atoms with E-state index in [1.54, 1.807) is 4.90 Å². The van der Waals surface area contributed by atoms with Crippen LogP contribution in [-0.4, -0.2) is 40.2 Å². The molecular formula is C21H23N3O2S. The van der Waals surface area contributed by atoms with Crippen LogP contribution in [0, 0.1) is 0 Å². The lowest BCUT2D eigenvalue weighted by atomic mass is 10.1. The van der Waals surface area contributed by atoms with Gasteiger partial charge in [-0.05, 0) is 31.0 Å². The van der Waals surface area contributed by atoms with Crippen molar-refractivity contribution in [2.75, 3.05) is 18.4 Å². The molecule has 0 bridgehead atoms. The third-order valence-corrected chi connectivity index (χ3v) is 5.46. The molecule has 0 aromatic heterocycles. The fourth-order valence-electron chi connectivity index (χ4n) is 2.86. The van der Waals surface area contributed by atoms with Crippen LogP contribution in [0.1, 0.15) is 18.9 Å². The van der Waals surface area contributed by atoms with E-state index >= 15 is 0 Å². The van der Waals surface area contributed by atoms with E-state index in [0.29, 0.717) is 18.3 Å². The summed E-state index contributed by atoms with van der Waals surface area (Å²) in [6.45, 7) is 3.08. The van der Waals surface area contributed by atoms with Crippen LogP contribution in [0.2, 0.25) is 0 Å². The molecule has 2 aromatic carbocycles. The van der Waals surface area contributed by atoms with Crippen LogP contribution in [0.3, 0.4) is 0 Å². The second-order valence-electron chi connectivity index (χ2n) is 6.20. The summed E-state index contributed by atoms with van der Waals surface area (Å²) < 4.78 is 0. The van der Waals surface area contributed by atoms with E-state index in [1.165, 1.54) is 17.3 Å². The minimum atomic E-state index is -0.462. The standard InChI is InChI=1S/C21H23N3O2S/c1-2-22-21-24(14-13-16-9-5-3-6-10-16)19(25)15-18(27-21)20(26)23-17-11-7-4-8-12-17/h3-12,18H,2,13-15H2,1H3,(H,23,26)/t18-/m0/s1. The number of aliphatic imine (C=N–C) groups is 1. The molecule has 2 amide bonds. The molecule has 3 rings (SSSR count). The molecule has 5 nitrogen and oxygen atoms in total. The molecule has 0 radical (unpaired) electrons. The Hall–Kier alpha value is -2.60. The summed E-state index contributed by atoms with van der Waals surface area (Å²) in [5, 5.41) is 3.06. The topological polar surface area (TPSA) is 61.8 Å². The van der Waals surface area contributed by atoms with Crippen LogP contribution >= 0.6 is 11.8 Å². The number of para-hydroxylation sites is 1. The van der Waals surface area contributed by atoms with Gasteiger partial charge in [0.2, 0.25) is 11.8 Å². The number of benzene rings is 2. The first-order valence-electron chi connectivity index (χ1n) is 9.08. The smallest absolute Gasteiger partial charge is 0.238 e. The predicted octanol–water partition coefficient (Wildman–Crippen LogP) is 3.58. The van der Waals surface area contributed by atoms with Crippen molar-refractivity contribution in [2.45, 2.75) is 25.0 Å². The van der Waals surface area contributed by atoms with Crippen LogP contribution in [0.15, 0.2) is 65.7 Å². The summed E-state index contributed by atoms with van der Waals surface area (Å²) in [6.07, 6.45) is 0.942. The molecular weight excluding hydrogens is 358 g/mol. The Labute approximate surface area is 163 Å². The average Bonchev–Trinajstić information content (AvgIpc) is 2.69. The molecule has 1 saturated heterocycles. The Morgan fingerprint density at radius 1 is 1.15 bits per heavy atom. The van der Waals surface area contributed by atoms with Crippen LogP contribution in [0.25, 0.3) is 0 Å². The molecule has 1 N–H and O–H groups in total. The quantitative estimate of drug-likeness (QED) is 0.832. The van der Waals surface area contributed by atoms with E-state index in [2.05, 4.69) is 10.3 Å². The molecule has 1 aliphatic rings. The first kappa shape index (κ1) is 19.2. The van der Waals surface area contributed by atoms with Gasteiger partial charge in [-0.2, -0.15) is 0 Å². The SMILES string of the molecule is CCN=C1S[C@H](C(=O)Nc2ccccc2)CC(=O)N1CCc1ccccc1. The van der Waals surface area contributed by atoms with Crippen LogP contribution < -0.4 is 5.32 Å². The lowest BCUT2D eigenvalue weighted by Crippen LogP contribution is -2.46. The van der Waals surface area contributed by atoms with Crippen molar-refractivity contribution in [3.63, 3.8) is 0 Å². The second-order valence-corrected chi connectivity index (χ2v) is 7.37. The van der Waals surface area contributed by atoms with Crippen LogP contribution in [0.5, 0.6) is 0 Å². The van der Waals surface area contributed by atoms with E-state index in [1.807, 2.05) is 67.6 Å². The number of thioether (sulfide) groups is 1. The van der Waals surface area contributed by atoms with Gasteiger partial charge < -0.3 is 5.32 Å². The van der Waals surface area contributed by atoms with Gasteiger partial charge in [0, 0.05) is 25.2 Å². The highest BCUT2D eigenvalue weighted by atomic mass is 32.2. The van der Waals surface area contributed by atoms with Gasteiger partial charge in [0.05, 0.1) is 0 Å². The van der Waals surface area contributed by atoms with Crippen molar-refractivity contribution in [1.82, 2.24) is 4.90 Å². The van der Waals surface area contributed by atoms with Crippen molar-refractivity contribution < 1.29 is 9.59 Å². The second kappa shape index (κ2) is 9.37. The number of hydrogen-bond acceptors (Lipinski definition) is 4. The molecule has 0 saturated carbocycles. The van der Waals surface area contributed by atoms with Crippen molar-refractivity contribution in [2.24, 2.45) is 4.99 Å². The van der Waals surface area contributed by atoms with Crippen molar-refractivity contribution in [1.29, 1.82) is 0 Å². The van der Waals surface area contributed by atoms with Gasteiger partial charge in [0.25, 0.3) is 0 Å². The highest BCUT2D eigenvalue weighted by Gasteiger charge is 2.35. The summed E-state index contributed by atoms with van der Waals surface area (Å²) in [5.41, 5.74) is 1.91. The highest BCUT2D eigenvalue weighted by Crippen LogP contribution is 2.28. The summed E-state index contributed by atoms with van der Waals surface area (Å²) in [4.78, 5) is 31.5. The maximum Gasteiger partial charge on any atom is 0.238 e. The first-order valence-corrected chi connectivity index (χ1v) is 9.96. The largest absolute Gasteiger partial charge is 0.325 e. The summed E-state index contributed by atoms with van der Waals surface area (Å²) >= 11 is 1.37. The number of anilines is 1. The molecule has 140 valence electrons. The van der Waals surface area contributed by atoms with E-state index < -0.39 is 5.25 Å². The molecule has 6 heteroatoms. The number of carbonyl (C=O) groups is 2. The molecule has 1 atom stereocenters. The van der Waals surface area contributed by atoms with Gasteiger partial charge in [-0.15, -0.1) is 0 Å². The van der Waals surface area contributed by atoms with Gasteiger partial charge in [-0.25, -0.2) is 0 Å². The highest BCUT2D eigenvalue weighted by molar-refractivity contribution is 8.15. The summed E-state index contributed by atoms with van der Waals surface area (Å²) in [7, 11) is 0.